The number of thiazole rings is 1. The number of allylic oxidation sites excluding steroid dienone is 1. The summed E-state index contributed by atoms with van der Waals surface area (Å²) in [5.74, 6) is -0.538. The SMILES string of the molecule is CCOC(=O)C1=C(C)N=c2sc(=Cc3cccc(Br)c3)c(=O)n2C1c1ccc(OC(C)=O)c(OC)c1. The van der Waals surface area contributed by atoms with Gasteiger partial charge in [0, 0.05) is 11.4 Å². The monoisotopic (exact) mass is 570 g/mol. The zero-order valence-corrected chi connectivity index (χ0v) is 22.4. The molecule has 0 fully saturated rings. The number of halogens is 1. The smallest absolute Gasteiger partial charge is 0.338 e. The molecule has 0 amide bonds. The number of carbonyl (C=O) groups is 2. The summed E-state index contributed by atoms with van der Waals surface area (Å²) in [7, 11) is 1.45. The van der Waals surface area contributed by atoms with Crippen molar-refractivity contribution < 1.29 is 23.8 Å². The van der Waals surface area contributed by atoms with Gasteiger partial charge in [0.1, 0.15) is 0 Å². The lowest BCUT2D eigenvalue weighted by Crippen LogP contribution is -2.40. The summed E-state index contributed by atoms with van der Waals surface area (Å²) < 4.78 is 18.8. The highest BCUT2D eigenvalue weighted by atomic mass is 79.9. The molecule has 1 aromatic heterocycles. The predicted octanol–water partition coefficient (Wildman–Crippen LogP) is 3.49. The molecule has 1 atom stereocenters. The molecule has 4 rings (SSSR count). The van der Waals surface area contributed by atoms with Crippen LogP contribution in [0.3, 0.4) is 0 Å². The third kappa shape index (κ3) is 5.05. The van der Waals surface area contributed by atoms with E-state index in [1.165, 1.54) is 29.9 Å². The van der Waals surface area contributed by atoms with Crippen molar-refractivity contribution in [3.8, 4) is 11.5 Å². The summed E-state index contributed by atoms with van der Waals surface area (Å²) in [6, 6.07) is 11.7. The first kappa shape index (κ1) is 25.6. The Bertz CT molecular complexity index is 1570. The zero-order chi connectivity index (χ0) is 26.0. The minimum Gasteiger partial charge on any atom is -0.493 e. The van der Waals surface area contributed by atoms with Crippen molar-refractivity contribution in [3.05, 3.63) is 89.0 Å². The van der Waals surface area contributed by atoms with E-state index in [4.69, 9.17) is 14.2 Å². The van der Waals surface area contributed by atoms with Gasteiger partial charge < -0.3 is 14.2 Å². The average Bonchev–Trinajstić information content (AvgIpc) is 3.12. The molecule has 0 aliphatic carbocycles. The van der Waals surface area contributed by atoms with Gasteiger partial charge in [-0.05, 0) is 55.3 Å². The molecule has 0 N–H and O–H groups in total. The summed E-state index contributed by atoms with van der Waals surface area (Å²) in [6.45, 7) is 4.90. The number of aromatic nitrogens is 1. The van der Waals surface area contributed by atoms with Crippen LogP contribution in [-0.4, -0.2) is 30.2 Å². The minimum absolute atomic E-state index is 0.171. The summed E-state index contributed by atoms with van der Waals surface area (Å²) in [5, 5.41) is 0. The van der Waals surface area contributed by atoms with Crippen molar-refractivity contribution >= 4 is 45.3 Å². The van der Waals surface area contributed by atoms with Gasteiger partial charge in [-0.3, -0.25) is 14.2 Å². The molecule has 0 saturated carbocycles. The van der Waals surface area contributed by atoms with E-state index in [0.29, 0.717) is 20.6 Å². The Balaban J connectivity index is 1.95. The van der Waals surface area contributed by atoms with Crippen LogP contribution in [0.25, 0.3) is 6.08 Å². The molecule has 3 aromatic rings. The number of esters is 2. The fraction of sp³-hybridized carbons (Fsp3) is 0.231. The number of benzene rings is 2. The van der Waals surface area contributed by atoms with Crippen molar-refractivity contribution in [2.24, 2.45) is 4.99 Å². The van der Waals surface area contributed by atoms with Crippen molar-refractivity contribution in [2.75, 3.05) is 13.7 Å². The zero-order valence-electron chi connectivity index (χ0n) is 20.0. The second-order valence-electron chi connectivity index (χ2n) is 7.86. The Kier molecular flexibility index (Phi) is 7.56. The van der Waals surface area contributed by atoms with Gasteiger partial charge in [0.15, 0.2) is 16.3 Å². The van der Waals surface area contributed by atoms with Gasteiger partial charge in [-0.25, -0.2) is 9.79 Å². The topological polar surface area (TPSA) is 96.2 Å². The molecule has 1 unspecified atom stereocenters. The van der Waals surface area contributed by atoms with Crippen LogP contribution in [0.5, 0.6) is 11.5 Å². The van der Waals surface area contributed by atoms with E-state index in [2.05, 4.69) is 20.9 Å². The van der Waals surface area contributed by atoms with Crippen LogP contribution in [0, 0.1) is 0 Å². The molecule has 2 aromatic carbocycles. The Labute approximate surface area is 219 Å². The number of hydrogen-bond acceptors (Lipinski definition) is 8. The van der Waals surface area contributed by atoms with Crippen LogP contribution in [0.1, 0.15) is 37.9 Å². The van der Waals surface area contributed by atoms with Crippen LogP contribution in [0.2, 0.25) is 0 Å². The normalized spacial score (nSPS) is 15.2. The third-order valence-electron chi connectivity index (χ3n) is 5.42. The molecule has 1 aliphatic heterocycles. The molecular weight excluding hydrogens is 548 g/mol. The van der Waals surface area contributed by atoms with E-state index in [0.717, 1.165) is 10.0 Å². The number of carbonyl (C=O) groups excluding carboxylic acids is 2. The van der Waals surface area contributed by atoms with Gasteiger partial charge in [0.25, 0.3) is 5.56 Å². The van der Waals surface area contributed by atoms with E-state index in [1.54, 1.807) is 38.1 Å². The molecular formula is C26H23BrN2O6S. The van der Waals surface area contributed by atoms with Crippen LogP contribution in [0.15, 0.2) is 68.0 Å². The summed E-state index contributed by atoms with van der Waals surface area (Å²) in [6.07, 6.45) is 1.79. The fourth-order valence-corrected chi connectivity index (χ4v) is 5.41. The standard InChI is InChI=1S/C26H23BrN2O6S/c1-5-34-25(32)22-14(2)28-26-29(24(31)21(36-26)12-16-7-6-8-18(27)11-16)23(22)17-9-10-19(35-15(3)30)20(13-17)33-4/h6-13,23H,5H2,1-4H3. The highest BCUT2D eigenvalue weighted by Crippen LogP contribution is 2.36. The first-order chi connectivity index (χ1) is 17.2. The number of fused-ring (bicyclic) bond motifs is 1. The first-order valence-electron chi connectivity index (χ1n) is 11.0. The van der Waals surface area contributed by atoms with Gasteiger partial charge in [-0.15, -0.1) is 0 Å². The second kappa shape index (κ2) is 10.6. The molecule has 0 bridgehead atoms. The molecule has 36 heavy (non-hydrogen) atoms. The van der Waals surface area contributed by atoms with Crippen molar-refractivity contribution in [2.45, 2.75) is 26.8 Å². The number of hydrogen-bond donors (Lipinski definition) is 0. The van der Waals surface area contributed by atoms with Gasteiger partial charge >= 0.3 is 11.9 Å². The Morgan fingerprint density at radius 1 is 1.19 bits per heavy atom. The molecule has 10 heteroatoms. The van der Waals surface area contributed by atoms with Crippen molar-refractivity contribution in [1.29, 1.82) is 0 Å². The average molecular weight is 571 g/mol. The maximum atomic E-state index is 13.7. The summed E-state index contributed by atoms with van der Waals surface area (Å²) in [4.78, 5) is 43.3. The van der Waals surface area contributed by atoms with Gasteiger partial charge in [0.2, 0.25) is 0 Å². The quantitative estimate of drug-likeness (QED) is 0.332. The number of nitrogens with zero attached hydrogens (tertiary/aromatic N) is 2. The van der Waals surface area contributed by atoms with Crippen LogP contribution < -0.4 is 24.4 Å². The maximum Gasteiger partial charge on any atom is 0.338 e. The Morgan fingerprint density at radius 3 is 2.64 bits per heavy atom. The third-order valence-corrected chi connectivity index (χ3v) is 6.90. The minimum atomic E-state index is -0.815. The van der Waals surface area contributed by atoms with Gasteiger partial charge in [0.05, 0.1) is 35.6 Å². The molecule has 186 valence electrons. The Morgan fingerprint density at radius 2 is 1.97 bits per heavy atom. The van der Waals surface area contributed by atoms with E-state index in [9.17, 15) is 14.4 Å². The first-order valence-corrected chi connectivity index (χ1v) is 12.7. The molecule has 0 saturated heterocycles. The second-order valence-corrected chi connectivity index (χ2v) is 9.79. The summed E-state index contributed by atoms with van der Waals surface area (Å²) in [5.41, 5.74) is 1.84. The molecule has 8 nitrogen and oxygen atoms in total. The predicted molar refractivity (Wildman–Crippen MR) is 139 cm³/mol. The van der Waals surface area contributed by atoms with E-state index in [-0.39, 0.29) is 29.2 Å². The molecule has 2 heterocycles. The largest absolute Gasteiger partial charge is 0.493 e. The molecule has 1 aliphatic rings. The van der Waals surface area contributed by atoms with E-state index >= 15 is 0 Å². The van der Waals surface area contributed by atoms with E-state index < -0.39 is 18.0 Å². The number of ether oxygens (including phenoxy) is 3. The van der Waals surface area contributed by atoms with Crippen molar-refractivity contribution in [3.63, 3.8) is 0 Å². The molecule has 0 spiro atoms. The lowest BCUT2D eigenvalue weighted by molar-refractivity contribution is -0.139. The lowest BCUT2D eigenvalue weighted by atomic mass is 9.95. The number of rotatable bonds is 6. The lowest BCUT2D eigenvalue weighted by Gasteiger charge is -2.25. The number of methoxy groups -OCH3 is 1. The van der Waals surface area contributed by atoms with Gasteiger partial charge in [-0.1, -0.05) is 45.5 Å². The van der Waals surface area contributed by atoms with Crippen molar-refractivity contribution in [1.82, 2.24) is 4.57 Å². The van der Waals surface area contributed by atoms with Crippen LogP contribution in [0.4, 0.5) is 0 Å². The van der Waals surface area contributed by atoms with Crippen LogP contribution in [-0.2, 0) is 14.3 Å². The molecule has 0 radical (unpaired) electrons. The highest BCUT2D eigenvalue weighted by molar-refractivity contribution is 9.10. The highest BCUT2D eigenvalue weighted by Gasteiger charge is 2.34. The van der Waals surface area contributed by atoms with Crippen LogP contribution >= 0.6 is 27.3 Å². The van der Waals surface area contributed by atoms with E-state index in [1.807, 2.05) is 24.3 Å². The Hall–Kier alpha value is -3.50. The van der Waals surface area contributed by atoms with Gasteiger partial charge in [-0.2, -0.15) is 0 Å². The fourth-order valence-electron chi connectivity index (χ4n) is 3.95. The summed E-state index contributed by atoms with van der Waals surface area (Å²) >= 11 is 4.69. The maximum absolute atomic E-state index is 13.7.